The van der Waals surface area contributed by atoms with Crippen LogP contribution in [0.25, 0.3) is 0 Å². The van der Waals surface area contributed by atoms with E-state index in [0.29, 0.717) is 17.0 Å². The van der Waals surface area contributed by atoms with E-state index in [2.05, 4.69) is 33.0 Å². The summed E-state index contributed by atoms with van der Waals surface area (Å²) in [6.45, 7) is 11.0. The Labute approximate surface area is 123 Å². The molecule has 0 heterocycles. The van der Waals surface area contributed by atoms with Crippen molar-refractivity contribution in [2.45, 2.75) is 66.0 Å². The fraction of sp³-hybridized carbons (Fsp3) is 0.667. The Morgan fingerprint density at radius 1 is 1.30 bits per heavy atom. The van der Waals surface area contributed by atoms with E-state index in [1.54, 1.807) is 6.07 Å². The number of halogens is 1. The normalized spacial score (nSPS) is 27.3. The van der Waals surface area contributed by atoms with E-state index in [1.165, 1.54) is 19.3 Å². The highest BCUT2D eigenvalue weighted by molar-refractivity contribution is 5.25. The Morgan fingerprint density at radius 2 is 2.00 bits per heavy atom. The molecule has 0 saturated heterocycles. The lowest BCUT2D eigenvalue weighted by Gasteiger charge is -2.40. The minimum Gasteiger partial charge on any atom is -0.307 e. The lowest BCUT2D eigenvalue weighted by atomic mass is 9.70. The van der Waals surface area contributed by atoms with Gasteiger partial charge in [-0.2, -0.15) is 0 Å². The number of aryl methyl sites for hydroxylation is 1. The zero-order valence-corrected chi connectivity index (χ0v) is 13.5. The summed E-state index contributed by atoms with van der Waals surface area (Å²) in [5, 5.41) is 3.70. The van der Waals surface area contributed by atoms with E-state index in [1.807, 2.05) is 19.1 Å². The summed E-state index contributed by atoms with van der Waals surface area (Å²) in [6, 6.07) is 6.32. The molecule has 1 N–H and O–H groups in total. The molecule has 3 unspecified atom stereocenters. The van der Waals surface area contributed by atoms with Crippen molar-refractivity contribution < 1.29 is 4.39 Å². The Morgan fingerprint density at radius 3 is 2.60 bits per heavy atom. The first kappa shape index (κ1) is 15.5. The fourth-order valence-electron chi connectivity index (χ4n) is 3.80. The molecule has 1 fully saturated rings. The monoisotopic (exact) mass is 277 g/mol. The molecule has 0 aliphatic heterocycles. The lowest BCUT2D eigenvalue weighted by molar-refractivity contribution is 0.145. The molecular formula is C18H28FN. The average Bonchev–Trinajstić information content (AvgIpc) is 2.29. The topological polar surface area (TPSA) is 12.0 Å². The van der Waals surface area contributed by atoms with Crippen molar-refractivity contribution in [2.75, 3.05) is 0 Å². The van der Waals surface area contributed by atoms with Gasteiger partial charge in [0.2, 0.25) is 0 Å². The molecule has 0 aromatic heterocycles. The smallest absolute Gasteiger partial charge is 0.126 e. The van der Waals surface area contributed by atoms with E-state index in [-0.39, 0.29) is 11.9 Å². The van der Waals surface area contributed by atoms with Crippen molar-refractivity contribution in [3.05, 3.63) is 35.1 Å². The third-order valence-electron chi connectivity index (χ3n) is 4.57. The van der Waals surface area contributed by atoms with E-state index >= 15 is 0 Å². The fourth-order valence-corrected chi connectivity index (χ4v) is 3.80. The van der Waals surface area contributed by atoms with Crippen LogP contribution in [0.4, 0.5) is 4.39 Å². The van der Waals surface area contributed by atoms with E-state index < -0.39 is 0 Å². The van der Waals surface area contributed by atoms with Crippen molar-refractivity contribution in [3.63, 3.8) is 0 Å². The van der Waals surface area contributed by atoms with Crippen LogP contribution in [0.15, 0.2) is 18.2 Å². The van der Waals surface area contributed by atoms with Crippen LogP contribution in [0.5, 0.6) is 0 Å². The Kier molecular flexibility index (Phi) is 4.53. The van der Waals surface area contributed by atoms with Crippen molar-refractivity contribution in [2.24, 2.45) is 11.3 Å². The molecule has 1 saturated carbocycles. The second-order valence-corrected chi connectivity index (χ2v) is 7.51. The average molecular weight is 277 g/mol. The van der Waals surface area contributed by atoms with Gasteiger partial charge in [-0.1, -0.05) is 32.9 Å². The summed E-state index contributed by atoms with van der Waals surface area (Å²) >= 11 is 0. The van der Waals surface area contributed by atoms with Crippen LogP contribution < -0.4 is 5.32 Å². The standard InChI is InChI=1S/C18H28FN/c1-12-8-16(11-18(4,5)10-12)20-14(3)15-7-6-13(2)17(19)9-15/h6-7,9,12,14,16,20H,8,10-11H2,1-5H3. The van der Waals surface area contributed by atoms with Gasteiger partial charge in [0.15, 0.2) is 0 Å². The molecule has 2 heteroatoms. The van der Waals surface area contributed by atoms with Crippen molar-refractivity contribution in [3.8, 4) is 0 Å². The zero-order chi connectivity index (χ0) is 14.9. The van der Waals surface area contributed by atoms with Gasteiger partial charge in [-0.15, -0.1) is 0 Å². The summed E-state index contributed by atoms with van der Waals surface area (Å²) in [4.78, 5) is 0. The lowest BCUT2D eigenvalue weighted by Crippen LogP contribution is -2.41. The summed E-state index contributed by atoms with van der Waals surface area (Å²) in [6.07, 6.45) is 3.73. The van der Waals surface area contributed by atoms with Gasteiger partial charge in [0.1, 0.15) is 5.82 Å². The predicted molar refractivity (Wildman–Crippen MR) is 83.3 cm³/mol. The molecule has 20 heavy (non-hydrogen) atoms. The molecule has 2 rings (SSSR count). The van der Waals surface area contributed by atoms with Crippen LogP contribution in [0.3, 0.4) is 0 Å². The highest BCUT2D eigenvalue weighted by atomic mass is 19.1. The highest BCUT2D eigenvalue weighted by Gasteiger charge is 2.32. The first-order valence-electron chi connectivity index (χ1n) is 7.79. The third kappa shape index (κ3) is 3.82. The van der Waals surface area contributed by atoms with Crippen LogP contribution in [0.2, 0.25) is 0 Å². The van der Waals surface area contributed by atoms with Crippen LogP contribution in [-0.4, -0.2) is 6.04 Å². The highest BCUT2D eigenvalue weighted by Crippen LogP contribution is 2.39. The van der Waals surface area contributed by atoms with Crippen LogP contribution in [-0.2, 0) is 0 Å². The van der Waals surface area contributed by atoms with Crippen molar-refractivity contribution in [1.29, 1.82) is 0 Å². The van der Waals surface area contributed by atoms with E-state index in [0.717, 1.165) is 11.5 Å². The maximum absolute atomic E-state index is 13.7. The minimum absolute atomic E-state index is 0.103. The second-order valence-electron chi connectivity index (χ2n) is 7.51. The van der Waals surface area contributed by atoms with Crippen LogP contribution in [0.1, 0.15) is 64.1 Å². The van der Waals surface area contributed by atoms with E-state index in [4.69, 9.17) is 0 Å². The van der Waals surface area contributed by atoms with Gasteiger partial charge >= 0.3 is 0 Å². The first-order chi connectivity index (χ1) is 9.27. The van der Waals surface area contributed by atoms with Gasteiger partial charge in [-0.05, 0) is 61.6 Å². The molecular weight excluding hydrogens is 249 g/mol. The van der Waals surface area contributed by atoms with Crippen molar-refractivity contribution in [1.82, 2.24) is 5.32 Å². The molecule has 0 radical (unpaired) electrons. The number of nitrogens with one attached hydrogen (secondary N) is 1. The van der Waals surface area contributed by atoms with Gasteiger partial charge in [0.25, 0.3) is 0 Å². The van der Waals surface area contributed by atoms with Gasteiger partial charge in [-0.3, -0.25) is 0 Å². The molecule has 1 aliphatic carbocycles. The largest absolute Gasteiger partial charge is 0.307 e. The summed E-state index contributed by atoms with van der Waals surface area (Å²) in [7, 11) is 0. The maximum atomic E-state index is 13.7. The van der Waals surface area contributed by atoms with Gasteiger partial charge in [-0.25, -0.2) is 4.39 Å². The van der Waals surface area contributed by atoms with Gasteiger partial charge < -0.3 is 5.32 Å². The first-order valence-corrected chi connectivity index (χ1v) is 7.79. The maximum Gasteiger partial charge on any atom is 0.126 e. The SMILES string of the molecule is Cc1ccc(C(C)NC2CC(C)CC(C)(C)C2)cc1F. The van der Waals surface area contributed by atoms with Crippen LogP contribution >= 0.6 is 0 Å². The Balaban J connectivity index is 2.03. The van der Waals surface area contributed by atoms with Crippen molar-refractivity contribution >= 4 is 0 Å². The predicted octanol–water partition coefficient (Wildman–Crippen LogP) is 5.00. The van der Waals surface area contributed by atoms with Gasteiger partial charge in [0, 0.05) is 12.1 Å². The molecule has 0 amide bonds. The van der Waals surface area contributed by atoms with Crippen LogP contribution in [0, 0.1) is 24.1 Å². The molecule has 0 spiro atoms. The summed E-state index contributed by atoms with van der Waals surface area (Å²) < 4.78 is 13.7. The molecule has 1 aromatic carbocycles. The van der Waals surface area contributed by atoms with Gasteiger partial charge in [0.05, 0.1) is 0 Å². The van der Waals surface area contributed by atoms with E-state index in [9.17, 15) is 4.39 Å². The summed E-state index contributed by atoms with van der Waals surface area (Å²) in [5.74, 6) is 0.659. The molecule has 1 aliphatic rings. The number of hydrogen-bond acceptors (Lipinski definition) is 1. The minimum atomic E-state index is -0.103. The third-order valence-corrected chi connectivity index (χ3v) is 4.57. The molecule has 112 valence electrons. The zero-order valence-electron chi connectivity index (χ0n) is 13.5. The molecule has 1 nitrogen and oxygen atoms in total. The molecule has 0 bridgehead atoms. The summed E-state index contributed by atoms with van der Waals surface area (Å²) in [5.41, 5.74) is 2.17. The number of rotatable bonds is 3. The molecule has 1 aromatic rings. The number of hydrogen-bond donors (Lipinski definition) is 1. The molecule has 3 atom stereocenters. The second kappa shape index (κ2) is 5.85. The number of benzene rings is 1. The Bertz CT molecular complexity index is 466. The Hall–Kier alpha value is -0.890. The quantitative estimate of drug-likeness (QED) is 0.820.